The molecule has 1 aromatic rings. The summed E-state index contributed by atoms with van der Waals surface area (Å²) in [5.41, 5.74) is 1.40. The summed E-state index contributed by atoms with van der Waals surface area (Å²) in [6, 6.07) is 3.53. The van der Waals surface area contributed by atoms with Crippen LogP contribution >= 0.6 is 0 Å². The van der Waals surface area contributed by atoms with E-state index in [1.807, 2.05) is 0 Å². The molecule has 0 radical (unpaired) electrons. The van der Waals surface area contributed by atoms with Gasteiger partial charge < -0.3 is 5.43 Å². The molecule has 19 heavy (non-hydrogen) atoms. The molecule has 8 nitrogen and oxygen atoms in total. The number of rotatable bonds is 5. The predicted molar refractivity (Wildman–Crippen MR) is 68.9 cm³/mol. The second kappa shape index (κ2) is 4.44. The van der Waals surface area contributed by atoms with Crippen molar-refractivity contribution in [1.82, 2.24) is 4.72 Å². The van der Waals surface area contributed by atoms with Crippen molar-refractivity contribution in [2.45, 2.75) is 30.2 Å². The number of anilines is 1. The summed E-state index contributed by atoms with van der Waals surface area (Å²) < 4.78 is 26.7. The van der Waals surface area contributed by atoms with Crippen LogP contribution in [0.1, 0.15) is 19.8 Å². The van der Waals surface area contributed by atoms with Gasteiger partial charge in [-0.3, -0.25) is 16.0 Å². The third kappa shape index (κ3) is 2.83. The summed E-state index contributed by atoms with van der Waals surface area (Å²) in [6.07, 6.45) is 1.52. The minimum absolute atomic E-state index is 0.0570. The second-order valence-electron chi connectivity index (χ2n) is 4.75. The van der Waals surface area contributed by atoms with Gasteiger partial charge in [0, 0.05) is 11.6 Å². The van der Waals surface area contributed by atoms with E-state index in [2.05, 4.69) is 10.1 Å². The maximum atomic E-state index is 12.1. The van der Waals surface area contributed by atoms with Crippen LogP contribution in [0, 0.1) is 10.1 Å². The molecule has 0 amide bonds. The van der Waals surface area contributed by atoms with Crippen molar-refractivity contribution < 1.29 is 13.3 Å². The number of nitro benzene ring substituents is 1. The highest BCUT2D eigenvalue weighted by Gasteiger charge is 2.41. The molecule has 104 valence electrons. The van der Waals surface area contributed by atoms with Gasteiger partial charge in [-0.2, -0.15) is 0 Å². The number of hydrogen-bond donors (Lipinski definition) is 3. The van der Waals surface area contributed by atoms with Gasteiger partial charge in [-0.25, -0.2) is 13.1 Å². The third-order valence-electron chi connectivity index (χ3n) is 3.01. The molecule has 0 atom stereocenters. The fraction of sp³-hybridized carbons (Fsp3) is 0.400. The van der Waals surface area contributed by atoms with E-state index < -0.39 is 20.5 Å². The molecule has 1 aliphatic carbocycles. The molecule has 0 heterocycles. The monoisotopic (exact) mass is 286 g/mol. The highest BCUT2D eigenvalue weighted by atomic mass is 32.2. The SMILES string of the molecule is CC1(NS(=O)(=O)c2ccc(NN)c([N+](=O)[O-])c2)CC1. The Hall–Kier alpha value is -1.71. The lowest BCUT2D eigenvalue weighted by atomic mass is 10.3. The number of nitrogen functional groups attached to an aromatic ring is 1. The van der Waals surface area contributed by atoms with Crippen LogP contribution in [-0.2, 0) is 10.0 Å². The van der Waals surface area contributed by atoms with Crippen molar-refractivity contribution in [1.29, 1.82) is 0 Å². The Bertz CT molecular complexity index is 624. The minimum atomic E-state index is -3.76. The molecule has 0 saturated heterocycles. The van der Waals surface area contributed by atoms with Gasteiger partial charge in [0.25, 0.3) is 5.69 Å². The number of hydrogen-bond acceptors (Lipinski definition) is 6. The number of sulfonamides is 1. The summed E-state index contributed by atoms with van der Waals surface area (Å²) in [5.74, 6) is 5.14. The van der Waals surface area contributed by atoms with Crippen LogP contribution in [0.4, 0.5) is 11.4 Å². The summed E-state index contributed by atoms with van der Waals surface area (Å²) in [7, 11) is -3.76. The Kier molecular flexibility index (Phi) is 3.20. The van der Waals surface area contributed by atoms with Crippen LogP contribution in [0.25, 0.3) is 0 Å². The maximum absolute atomic E-state index is 12.1. The van der Waals surface area contributed by atoms with Crippen LogP contribution in [-0.4, -0.2) is 18.9 Å². The standard InChI is InChI=1S/C10H14N4O4S/c1-10(4-5-10)13-19(17,18)7-2-3-8(12-11)9(6-7)14(15)16/h2-3,6,12-13H,4-5,11H2,1H3. The van der Waals surface area contributed by atoms with Gasteiger partial charge in [-0.1, -0.05) is 0 Å². The number of nitrogens with zero attached hydrogens (tertiary/aromatic N) is 1. The van der Waals surface area contributed by atoms with Gasteiger partial charge in [-0.15, -0.1) is 0 Å². The summed E-state index contributed by atoms with van der Waals surface area (Å²) in [6.45, 7) is 1.79. The van der Waals surface area contributed by atoms with E-state index in [9.17, 15) is 18.5 Å². The molecule has 0 spiro atoms. The lowest BCUT2D eigenvalue weighted by Crippen LogP contribution is -2.34. The topological polar surface area (TPSA) is 127 Å². The molecule has 1 aliphatic rings. The first-order valence-corrected chi connectivity index (χ1v) is 7.05. The van der Waals surface area contributed by atoms with Crippen molar-refractivity contribution in [2.24, 2.45) is 5.84 Å². The smallest absolute Gasteiger partial charge is 0.294 e. The molecule has 1 fully saturated rings. The molecule has 9 heteroatoms. The van der Waals surface area contributed by atoms with Gasteiger partial charge in [0.15, 0.2) is 0 Å². The van der Waals surface area contributed by atoms with E-state index in [4.69, 9.17) is 5.84 Å². The second-order valence-corrected chi connectivity index (χ2v) is 6.43. The van der Waals surface area contributed by atoms with E-state index in [1.54, 1.807) is 6.92 Å². The van der Waals surface area contributed by atoms with Crippen LogP contribution < -0.4 is 16.0 Å². The van der Waals surface area contributed by atoms with E-state index in [1.165, 1.54) is 12.1 Å². The molecule has 4 N–H and O–H groups in total. The fourth-order valence-electron chi connectivity index (χ4n) is 1.62. The maximum Gasteiger partial charge on any atom is 0.294 e. The van der Waals surface area contributed by atoms with E-state index >= 15 is 0 Å². The molecular weight excluding hydrogens is 272 g/mol. The number of nitrogens with two attached hydrogens (primary N) is 1. The lowest BCUT2D eigenvalue weighted by Gasteiger charge is -2.12. The zero-order valence-electron chi connectivity index (χ0n) is 10.2. The van der Waals surface area contributed by atoms with Gasteiger partial charge in [0.2, 0.25) is 10.0 Å². The van der Waals surface area contributed by atoms with E-state index in [0.717, 1.165) is 18.9 Å². The zero-order chi connectivity index (χ0) is 14.3. The Morgan fingerprint density at radius 2 is 2.05 bits per heavy atom. The fourth-order valence-corrected chi connectivity index (χ4v) is 3.11. The molecular formula is C10H14N4O4S. The summed E-state index contributed by atoms with van der Waals surface area (Å²) in [5, 5.41) is 10.9. The highest BCUT2D eigenvalue weighted by molar-refractivity contribution is 7.89. The predicted octanol–water partition coefficient (Wildman–Crippen LogP) is 0.711. The number of nitrogens with one attached hydrogen (secondary N) is 2. The zero-order valence-corrected chi connectivity index (χ0v) is 11.0. The average molecular weight is 286 g/mol. The van der Waals surface area contributed by atoms with Gasteiger partial charge >= 0.3 is 0 Å². The Morgan fingerprint density at radius 1 is 1.42 bits per heavy atom. The van der Waals surface area contributed by atoms with Crippen molar-refractivity contribution in [3.05, 3.63) is 28.3 Å². The highest BCUT2D eigenvalue weighted by Crippen LogP contribution is 2.36. The average Bonchev–Trinajstić information content (AvgIpc) is 3.04. The molecule has 0 unspecified atom stereocenters. The first-order chi connectivity index (χ1) is 8.77. The van der Waals surface area contributed by atoms with Crippen molar-refractivity contribution in [3.63, 3.8) is 0 Å². The van der Waals surface area contributed by atoms with E-state index in [0.29, 0.717) is 0 Å². The van der Waals surface area contributed by atoms with Crippen LogP contribution in [0.5, 0.6) is 0 Å². The van der Waals surface area contributed by atoms with Crippen LogP contribution in [0.3, 0.4) is 0 Å². The first kappa shape index (κ1) is 13.7. The van der Waals surface area contributed by atoms with Crippen molar-refractivity contribution in [3.8, 4) is 0 Å². The normalized spacial score (nSPS) is 16.9. The lowest BCUT2D eigenvalue weighted by molar-refractivity contribution is -0.384. The van der Waals surface area contributed by atoms with E-state index in [-0.39, 0.29) is 16.3 Å². The number of nitro groups is 1. The van der Waals surface area contributed by atoms with Crippen LogP contribution in [0.15, 0.2) is 23.1 Å². The number of hydrazine groups is 1. The molecule has 0 aliphatic heterocycles. The van der Waals surface area contributed by atoms with Crippen LogP contribution in [0.2, 0.25) is 0 Å². The summed E-state index contributed by atoms with van der Waals surface area (Å²) in [4.78, 5) is 10.0. The van der Waals surface area contributed by atoms with Gasteiger partial charge in [-0.05, 0) is 31.9 Å². The largest absolute Gasteiger partial charge is 0.318 e. The Labute approximate surface area is 110 Å². The Morgan fingerprint density at radius 3 is 2.53 bits per heavy atom. The van der Waals surface area contributed by atoms with Crippen molar-refractivity contribution >= 4 is 21.4 Å². The Balaban J connectivity index is 2.40. The minimum Gasteiger partial charge on any atom is -0.318 e. The van der Waals surface area contributed by atoms with Gasteiger partial charge in [0.05, 0.1) is 9.82 Å². The first-order valence-electron chi connectivity index (χ1n) is 5.56. The molecule has 0 bridgehead atoms. The third-order valence-corrected chi connectivity index (χ3v) is 4.65. The van der Waals surface area contributed by atoms with Crippen molar-refractivity contribution in [2.75, 3.05) is 5.43 Å². The number of benzene rings is 1. The molecule has 0 aromatic heterocycles. The quantitative estimate of drug-likeness (QED) is 0.415. The molecule has 1 saturated carbocycles. The molecule has 2 rings (SSSR count). The molecule has 1 aromatic carbocycles. The summed E-state index contributed by atoms with van der Waals surface area (Å²) >= 11 is 0. The van der Waals surface area contributed by atoms with Gasteiger partial charge in [0.1, 0.15) is 5.69 Å².